The number of carbonyl (C=O) groups excluding carboxylic acids is 1. The van der Waals surface area contributed by atoms with Crippen molar-refractivity contribution in [1.82, 2.24) is 4.90 Å². The molecule has 0 unspecified atom stereocenters. The summed E-state index contributed by atoms with van der Waals surface area (Å²) < 4.78 is 5.26. The molecule has 1 amide bonds. The van der Waals surface area contributed by atoms with Crippen LogP contribution in [0.3, 0.4) is 0 Å². The molecule has 0 radical (unpaired) electrons. The van der Waals surface area contributed by atoms with Crippen LogP contribution in [0.4, 0.5) is 0 Å². The van der Waals surface area contributed by atoms with Gasteiger partial charge < -0.3 is 15.1 Å². The highest BCUT2D eigenvalue weighted by Crippen LogP contribution is 2.32. The third-order valence-electron chi connectivity index (χ3n) is 3.51. The predicted octanol–water partition coefficient (Wildman–Crippen LogP) is 1.90. The maximum atomic E-state index is 12.1. The molecule has 0 atom stereocenters. The van der Waals surface area contributed by atoms with E-state index in [0.717, 1.165) is 25.0 Å². The van der Waals surface area contributed by atoms with Gasteiger partial charge in [-0.2, -0.15) is 0 Å². The molecule has 1 heterocycles. The lowest BCUT2D eigenvalue weighted by Gasteiger charge is -2.38. The average molecular weight is 236 g/mol. The largest absolute Gasteiger partial charge is 0.467 e. The maximum Gasteiger partial charge on any atom is 0.224 e. The molecule has 4 nitrogen and oxygen atoms in total. The number of nitrogens with two attached hydrogens (primary N) is 1. The van der Waals surface area contributed by atoms with Crippen molar-refractivity contribution in [2.24, 2.45) is 5.73 Å². The molecule has 2 N–H and O–H groups in total. The Hall–Kier alpha value is -1.29. The molecule has 0 spiro atoms. The summed E-state index contributed by atoms with van der Waals surface area (Å²) in [7, 11) is 0. The fourth-order valence-electron chi connectivity index (χ4n) is 2.19. The highest BCUT2D eigenvalue weighted by molar-refractivity contribution is 5.77. The first-order valence-corrected chi connectivity index (χ1v) is 6.22. The number of rotatable bonds is 5. The molecule has 0 bridgehead atoms. The lowest BCUT2D eigenvalue weighted by Crippen LogP contribution is -2.50. The minimum absolute atomic E-state index is 0.131. The quantitative estimate of drug-likeness (QED) is 0.849. The zero-order chi connectivity index (χ0) is 12.3. The van der Waals surface area contributed by atoms with Crippen LogP contribution in [0.5, 0.6) is 0 Å². The highest BCUT2D eigenvalue weighted by atomic mass is 16.3. The Kier molecular flexibility index (Phi) is 3.52. The van der Waals surface area contributed by atoms with Crippen molar-refractivity contribution >= 4 is 5.91 Å². The van der Waals surface area contributed by atoms with E-state index in [1.807, 2.05) is 19.1 Å². The summed E-state index contributed by atoms with van der Waals surface area (Å²) in [5, 5.41) is 0. The van der Waals surface area contributed by atoms with Gasteiger partial charge in [-0.1, -0.05) is 0 Å². The van der Waals surface area contributed by atoms with Gasteiger partial charge in [0.15, 0.2) is 0 Å². The van der Waals surface area contributed by atoms with Gasteiger partial charge in [-0.15, -0.1) is 0 Å². The second-order valence-corrected chi connectivity index (χ2v) is 4.88. The zero-order valence-electron chi connectivity index (χ0n) is 10.3. The molecule has 0 aliphatic heterocycles. The summed E-state index contributed by atoms with van der Waals surface area (Å²) in [4.78, 5) is 13.9. The van der Waals surface area contributed by atoms with Gasteiger partial charge in [0.2, 0.25) is 5.91 Å². The van der Waals surface area contributed by atoms with E-state index in [2.05, 4.69) is 0 Å². The minimum atomic E-state index is -0.242. The first-order valence-electron chi connectivity index (χ1n) is 6.22. The molecule has 1 fully saturated rings. The molecule has 17 heavy (non-hydrogen) atoms. The van der Waals surface area contributed by atoms with Crippen LogP contribution >= 0.6 is 0 Å². The van der Waals surface area contributed by atoms with E-state index in [1.54, 1.807) is 11.2 Å². The summed E-state index contributed by atoms with van der Waals surface area (Å²) in [6.45, 7) is 3.21. The second kappa shape index (κ2) is 4.92. The van der Waals surface area contributed by atoms with Gasteiger partial charge in [-0.05, 0) is 38.3 Å². The molecule has 0 saturated heterocycles. The van der Waals surface area contributed by atoms with Crippen LogP contribution in [0.2, 0.25) is 0 Å². The number of furan rings is 1. The Bertz CT molecular complexity index is 369. The van der Waals surface area contributed by atoms with Crippen LogP contribution in [0.15, 0.2) is 22.8 Å². The van der Waals surface area contributed by atoms with Gasteiger partial charge >= 0.3 is 0 Å². The van der Waals surface area contributed by atoms with Crippen molar-refractivity contribution in [3.05, 3.63) is 24.2 Å². The highest BCUT2D eigenvalue weighted by Gasteiger charge is 2.35. The molecule has 1 aromatic heterocycles. The number of nitrogens with zero attached hydrogens (tertiary/aromatic N) is 1. The van der Waals surface area contributed by atoms with Crippen LogP contribution in [0, 0.1) is 0 Å². The van der Waals surface area contributed by atoms with Crippen LogP contribution in [0.1, 0.15) is 38.4 Å². The molecule has 2 rings (SSSR count). The summed E-state index contributed by atoms with van der Waals surface area (Å²) in [6.07, 6.45) is 5.17. The van der Waals surface area contributed by atoms with Gasteiger partial charge in [-0.3, -0.25) is 4.79 Å². The number of hydrogen-bond acceptors (Lipinski definition) is 3. The van der Waals surface area contributed by atoms with Gasteiger partial charge in [0, 0.05) is 18.5 Å². The van der Waals surface area contributed by atoms with Crippen molar-refractivity contribution < 1.29 is 9.21 Å². The third kappa shape index (κ3) is 2.88. The first kappa shape index (κ1) is 12.2. The van der Waals surface area contributed by atoms with E-state index in [9.17, 15) is 4.79 Å². The van der Waals surface area contributed by atoms with E-state index in [4.69, 9.17) is 10.2 Å². The second-order valence-electron chi connectivity index (χ2n) is 4.88. The first-order chi connectivity index (χ1) is 8.13. The average Bonchev–Trinajstić information content (AvgIpc) is 2.76. The summed E-state index contributed by atoms with van der Waals surface area (Å²) in [5.41, 5.74) is 5.86. The van der Waals surface area contributed by atoms with E-state index in [0.29, 0.717) is 19.5 Å². The van der Waals surface area contributed by atoms with Crippen molar-refractivity contribution in [2.75, 3.05) is 6.54 Å². The fraction of sp³-hybridized carbons (Fsp3) is 0.615. The number of carbonyl (C=O) groups is 1. The van der Waals surface area contributed by atoms with Crippen molar-refractivity contribution in [1.29, 1.82) is 0 Å². The van der Waals surface area contributed by atoms with Crippen molar-refractivity contribution in [3.63, 3.8) is 0 Å². The Morgan fingerprint density at radius 3 is 2.82 bits per heavy atom. The van der Waals surface area contributed by atoms with Crippen LogP contribution in [-0.4, -0.2) is 22.9 Å². The van der Waals surface area contributed by atoms with E-state index in [-0.39, 0.29) is 11.4 Å². The number of amides is 1. The zero-order valence-corrected chi connectivity index (χ0v) is 10.3. The van der Waals surface area contributed by atoms with Crippen LogP contribution < -0.4 is 5.73 Å². The molecule has 1 aliphatic rings. The van der Waals surface area contributed by atoms with Gasteiger partial charge in [0.1, 0.15) is 5.76 Å². The number of hydrogen-bond donors (Lipinski definition) is 1. The lowest BCUT2D eigenvalue weighted by atomic mass is 9.75. The summed E-state index contributed by atoms with van der Waals surface area (Å²) in [6, 6.07) is 3.72. The maximum absolute atomic E-state index is 12.1. The molecule has 94 valence electrons. The third-order valence-corrected chi connectivity index (χ3v) is 3.51. The smallest absolute Gasteiger partial charge is 0.224 e. The monoisotopic (exact) mass is 236 g/mol. The van der Waals surface area contributed by atoms with Gasteiger partial charge in [0.25, 0.3) is 0 Å². The van der Waals surface area contributed by atoms with Crippen molar-refractivity contribution in [3.8, 4) is 0 Å². The topological polar surface area (TPSA) is 59.5 Å². The Labute approximate surface area is 102 Å². The molecular weight excluding hydrogens is 216 g/mol. The minimum Gasteiger partial charge on any atom is -0.467 e. The van der Waals surface area contributed by atoms with Crippen LogP contribution in [0.25, 0.3) is 0 Å². The molecule has 4 heteroatoms. The molecule has 0 aromatic carbocycles. The fourth-order valence-corrected chi connectivity index (χ4v) is 2.19. The van der Waals surface area contributed by atoms with Crippen molar-refractivity contribution in [2.45, 2.75) is 44.7 Å². The molecular formula is C13H20N2O2. The molecule has 1 aromatic rings. The SMILES string of the molecule is CCN(Cc1ccco1)C(=O)CC1(N)CCC1. The Morgan fingerprint density at radius 1 is 1.59 bits per heavy atom. The standard InChI is InChI=1S/C13H20N2O2/c1-2-15(10-11-5-3-8-17-11)12(16)9-13(14)6-4-7-13/h3,5,8H,2,4,6-7,9-10,14H2,1H3. The normalized spacial score (nSPS) is 17.5. The van der Waals surface area contributed by atoms with Gasteiger partial charge in [0.05, 0.1) is 12.8 Å². The lowest BCUT2D eigenvalue weighted by molar-refractivity contribution is -0.133. The van der Waals surface area contributed by atoms with E-state index < -0.39 is 0 Å². The Balaban J connectivity index is 1.91. The molecule has 1 saturated carbocycles. The van der Waals surface area contributed by atoms with Gasteiger partial charge in [-0.25, -0.2) is 0 Å². The van der Waals surface area contributed by atoms with E-state index >= 15 is 0 Å². The molecule has 1 aliphatic carbocycles. The predicted molar refractivity (Wildman–Crippen MR) is 65.2 cm³/mol. The Morgan fingerprint density at radius 2 is 2.35 bits per heavy atom. The summed E-state index contributed by atoms with van der Waals surface area (Å²) >= 11 is 0. The van der Waals surface area contributed by atoms with Crippen LogP contribution in [-0.2, 0) is 11.3 Å². The summed E-state index contributed by atoms with van der Waals surface area (Å²) in [5.74, 6) is 0.950. The van der Waals surface area contributed by atoms with E-state index in [1.165, 1.54) is 0 Å².